The molecule has 0 aliphatic rings. The molecule has 0 unspecified atom stereocenters. The molecule has 0 heterocycles. The van der Waals surface area contributed by atoms with E-state index in [1.807, 2.05) is 0 Å². The first-order chi connectivity index (χ1) is 9.39. The van der Waals surface area contributed by atoms with Crippen molar-refractivity contribution in [1.29, 1.82) is 0 Å². The van der Waals surface area contributed by atoms with E-state index < -0.39 is 12.1 Å². The molecule has 2 rings (SSSR count). The lowest BCUT2D eigenvalue weighted by Gasteiger charge is -2.11. The van der Waals surface area contributed by atoms with Gasteiger partial charge in [0, 0.05) is 11.6 Å². The van der Waals surface area contributed by atoms with E-state index in [9.17, 15) is 18.3 Å². The maximum Gasteiger partial charge on any atom is 0.573 e. The highest BCUT2D eigenvalue weighted by molar-refractivity contribution is 5.71. The van der Waals surface area contributed by atoms with E-state index in [-0.39, 0.29) is 5.75 Å². The molecule has 6 heteroatoms. The summed E-state index contributed by atoms with van der Waals surface area (Å²) < 4.78 is 44.9. The number of hydrogen-bond donors (Lipinski definition) is 1. The van der Waals surface area contributed by atoms with Crippen molar-refractivity contribution < 1.29 is 27.8 Å². The van der Waals surface area contributed by atoms with E-state index in [1.54, 1.807) is 24.3 Å². The summed E-state index contributed by atoms with van der Waals surface area (Å²) >= 11 is 0. The molecule has 20 heavy (non-hydrogen) atoms. The summed E-state index contributed by atoms with van der Waals surface area (Å²) in [7, 11) is 1.52. The van der Waals surface area contributed by atoms with E-state index in [0.29, 0.717) is 16.9 Å². The van der Waals surface area contributed by atoms with Crippen molar-refractivity contribution >= 4 is 0 Å². The minimum absolute atomic E-state index is 0.295. The van der Waals surface area contributed by atoms with Crippen molar-refractivity contribution in [2.24, 2.45) is 0 Å². The third-order valence-electron chi connectivity index (χ3n) is 2.60. The van der Waals surface area contributed by atoms with E-state index in [4.69, 9.17) is 4.74 Å². The first-order valence-electron chi connectivity index (χ1n) is 5.62. The highest BCUT2D eigenvalue weighted by atomic mass is 19.4. The van der Waals surface area contributed by atoms with Gasteiger partial charge < -0.3 is 14.6 Å². The molecule has 2 aromatic rings. The number of halogens is 3. The van der Waals surface area contributed by atoms with Gasteiger partial charge >= 0.3 is 6.36 Å². The molecule has 0 saturated carbocycles. The average molecular weight is 284 g/mol. The second-order valence-electron chi connectivity index (χ2n) is 3.96. The zero-order valence-electron chi connectivity index (χ0n) is 10.4. The Morgan fingerprint density at radius 2 is 1.55 bits per heavy atom. The summed E-state index contributed by atoms with van der Waals surface area (Å²) in [6, 6.07) is 10.2. The van der Waals surface area contributed by atoms with Gasteiger partial charge in [0.15, 0.2) is 0 Å². The Bertz CT molecular complexity index is 592. The van der Waals surface area contributed by atoms with Crippen LogP contribution in [0.2, 0.25) is 0 Å². The third kappa shape index (κ3) is 3.34. The molecule has 0 fully saturated rings. The van der Waals surface area contributed by atoms with Crippen LogP contribution in [-0.4, -0.2) is 18.6 Å². The molecule has 0 aliphatic carbocycles. The van der Waals surface area contributed by atoms with Gasteiger partial charge in [-0.25, -0.2) is 0 Å². The molecule has 3 nitrogen and oxygen atoms in total. The van der Waals surface area contributed by atoms with E-state index >= 15 is 0 Å². The number of phenolic OH excluding ortho intramolecular Hbond substituents is 1. The Morgan fingerprint density at radius 1 is 0.950 bits per heavy atom. The van der Waals surface area contributed by atoms with Gasteiger partial charge in [0.05, 0.1) is 7.11 Å². The van der Waals surface area contributed by atoms with Crippen molar-refractivity contribution in [2.45, 2.75) is 6.36 Å². The fourth-order valence-corrected chi connectivity index (χ4v) is 1.72. The molecular weight excluding hydrogens is 273 g/mol. The van der Waals surface area contributed by atoms with Crippen LogP contribution in [0.25, 0.3) is 11.1 Å². The first-order valence-corrected chi connectivity index (χ1v) is 5.62. The summed E-state index contributed by atoms with van der Waals surface area (Å²) in [4.78, 5) is 0. The average Bonchev–Trinajstić information content (AvgIpc) is 2.37. The maximum atomic E-state index is 12.1. The summed E-state index contributed by atoms with van der Waals surface area (Å²) in [5.74, 6) is -0.116. The highest BCUT2D eigenvalue weighted by Crippen LogP contribution is 2.34. The molecule has 0 amide bonds. The second-order valence-corrected chi connectivity index (χ2v) is 3.96. The number of aromatic hydroxyl groups is 1. The maximum absolute atomic E-state index is 12.1. The predicted octanol–water partition coefficient (Wildman–Crippen LogP) is 3.97. The van der Waals surface area contributed by atoms with Crippen molar-refractivity contribution in [1.82, 2.24) is 0 Å². The minimum Gasteiger partial charge on any atom is -0.507 e. The van der Waals surface area contributed by atoms with E-state index in [2.05, 4.69) is 4.74 Å². The van der Waals surface area contributed by atoms with Crippen molar-refractivity contribution in [3.05, 3.63) is 42.5 Å². The minimum atomic E-state index is -4.78. The number of ether oxygens (including phenoxy) is 2. The fraction of sp³-hybridized carbons (Fsp3) is 0.143. The number of phenols is 1. The zero-order valence-corrected chi connectivity index (χ0v) is 10.4. The Balaban J connectivity index is 2.29. The fourth-order valence-electron chi connectivity index (χ4n) is 1.72. The van der Waals surface area contributed by atoms with Gasteiger partial charge in [-0.15, -0.1) is 13.2 Å². The Morgan fingerprint density at radius 3 is 2.05 bits per heavy atom. The van der Waals surface area contributed by atoms with Gasteiger partial charge in [0.2, 0.25) is 0 Å². The SMILES string of the molecule is COc1ccc(-c2ccc(OC(F)(F)F)cc2O)cc1. The monoisotopic (exact) mass is 284 g/mol. The van der Waals surface area contributed by atoms with Crippen LogP contribution in [0.15, 0.2) is 42.5 Å². The van der Waals surface area contributed by atoms with Crippen LogP contribution in [-0.2, 0) is 0 Å². The largest absolute Gasteiger partial charge is 0.573 e. The van der Waals surface area contributed by atoms with Crippen molar-refractivity contribution in [3.8, 4) is 28.4 Å². The summed E-state index contributed by atoms with van der Waals surface area (Å²) in [6.45, 7) is 0. The van der Waals surface area contributed by atoms with Crippen LogP contribution >= 0.6 is 0 Å². The number of benzene rings is 2. The van der Waals surface area contributed by atoms with Crippen LogP contribution < -0.4 is 9.47 Å². The van der Waals surface area contributed by atoms with Crippen LogP contribution in [0.5, 0.6) is 17.2 Å². The molecule has 0 radical (unpaired) electrons. The quantitative estimate of drug-likeness (QED) is 0.927. The lowest BCUT2D eigenvalue weighted by molar-refractivity contribution is -0.274. The van der Waals surface area contributed by atoms with Gasteiger partial charge in [-0.05, 0) is 29.8 Å². The predicted molar refractivity (Wildman–Crippen MR) is 66.8 cm³/mol. The van der Waals surface area contributed by atoms with Crippen LogP contribution in [0.3, 0.4) is 0 Å². The molecule has 1 N–H and O–H groups in total. The summed E-state index contributed by atoms with van der Waals surface area (Å²) in [5.41, 5.74) is 1.06. The van der Waals surface area contributed by atoms with Gasteiger partial charge in [-0.1, -0.05) is 12.1 Å². The lowest BCUT2D eigenvalue weighted by atomic mass is 10.0. The Labute approximate surface area is 113 Å². The highest BCUT2D eigenvalue weighted by Gasteiger charge is 2.31. The number of methoxy groups -OCH3 is 1. The van der Waals surface area contributed by atoms with Crippen LogP contribution in [0.4, 0.5) is 13.2 Å². The van der Waals surface area contributed by atoms with Crippen molar-refractivity contribution in [3.63, 3.8) is 0 Å². The molecule has 0 aliphatic heterocycles. The normalized spacial score (nSPS) is 11.2. The number of alkyl halides is 3. The van der Waals surface area contributed by atoms with Crippen LogP contribution in [0, 0.1) is 0 Å². The summed E-state index contributed by atoms with van der Waals surface area (Å²) in [5, 5.41) is 9.79. The lowest BCUT2D eigenvalue weighted by Crippen LogP contribution is -2.16. The van der Waals surface area contributed by atoms with Gasteiger partial charge in [-0.3, -0.25) is 0 Å². The molecule has 0 spiro atoms. The number of rotatable bonds is 3. The molecular formula is C14H11F3O3. The van der Waals surface area contributed by atoms with Gasteiger partial charge in [0.1, 0.15) is 17.2 Å². The molecule has 0 saturated heterocycles. The Hall–Kier alpha value is -2.37. The van der Waals surface area contributed by atoms with Gasteiger partial charge in [-0.2, -0.15) is 0 Å². The molecule has 0 bridgehead atoms. The summed E-state index contributed by atoms with van der Waals surface area (Å²) in [6.07, 6.45) is -4.78. The standard InChI is InChI=1S/C14H11F3O3/c1-19-10-4-2-9(3-5-10)12-7-6-11(8-13(12)18)20-14(15,16)17/h2-8,18H,1H3. The Kier molecular flexibility index (Phi) is 3.74. The number of hydrogen-bond acceptors (Lipinski definition) is 3. The van der Waals surface area contributed by atoms with Crippen molar-refractivity contribution in [2.75, 3.05) is 7.11 Å². The van der Waals surface area contributed by atoms with Crippen LogP contribution in [0.1, 0.15) is 0 Å². The molecule has 0 atom stereocenters. The van der Waals surface area contributed by atoms with Gasteiger partial charge in [0.25, 0.3) is 0 Å². The molecule has 2 aromatic carbocycles. The topological polar surface area (TPSA) is 38.7 Å². The zero-order chi connectivity index (χ0) is 14.8. The third-order valence-corrected chi connectivity index (χ3v) is 2.60. The van der Waals surface area contributed by atoms with E-state index in [1.165, 1.54) is 13.2 Å². The van der Waals surface area contributed by atoms with E-state index in [0.717, 1.165) is 12.1 Å². The first kappa shape index (κ1) is 14.0. The smallest absolute Gasteiger partial charge is 0.507 e. The molecule has 106 valence electrons. The molecule has 0 aromatic heterocycles. The second kappa shape index (κ2) is 5.32.